The van der Waals surface area contributed by atoms with Crippen LogP contribution in [0.1, 0.15) is 13.8 Å². The van der Waals surface area contributed by atoms with Gasteiger partial charge in [-0.25, -0.2) is 8.42 Å². The molecule has 0 atom stereocenters. The van der Waals surface area contributed by atoms with Crippen LogP contribution in [0.4, 0.5) is 0 Å². The van der Waals surface area contributed by atoms with Gasteiger partial charge in [0.25, 0.3) is 0 Å². The Hall–Kier alpha value is -1.49. The van der Waals surface area contributed by atoms with Crippen LogP contribution in [0.25, 0.3) is 0 Å². The quantitative estimate of drug-likeness (QED) is 0.795. The van der Waals surface area contributed by atoms with E-state index in [1.807, 2.05) is 18.7 Å². The Morgan fingerprint density at radius 2 is 1.72 bits per heavy atom. The van der Waals surface area contributed by atoms with Crippen LogP contribution in [0.5, 0.6) is 5.75 Å². The Kier molecular flexibility index (Phi) is 5.22. The number of sulfone groups is 1. The molecule has 0 spiro atoms. The molecule has 0 heterocycles. The summed E-state index contributed by atoms with van der Waals surface area (Å²) in [6, 6.07) is 6.36. The van der Waals surface area contributed by atoms with Gasteiger partial charge in [-0.05, 0) is 38.1 Å². The van der Waals surface area contributed by atoms with E-state index < -0.39 is 9.84 Å². The van der Waals surface area contributed by atoms with Crippen LogP contribution in [0, 0.1) is 0 Å². The Bertz CT molecular complexity index is 487. The molecule has 18 heavy (non-hydrogen) atoms. The molecule has 0 amide bonds. The van der Waals surface area contributed by atoms with Gasteiger partial charge in [0.15, 0.2) is 0 Å². The Labute approximate surface area is 109 Å². The molecule has 0 aliphatic heterocycles. The molecule has 0 radical (unpaired) electrons. The minimum Gasteiger partial charge on any atom is -0.497 e. The first kappa shape index (κ1) is 14.6. The number of rotatable bonds is 6. The number of hydrogen-bond donors (Lipinski definition) is 0. The van der Waals surface area contributed by atoms with Crippen LogP contribution in [-0.2, 0) is 9.84 Å². The van der Waals surface area contributed by atoms with E-state index in [1.165, 1.54) is 5.41 Å². The first-order valence-electron chi connectivity index (χ1n) is 5.85. The smallest absolute Gasteiger partial charge is 0.201 e. The van der Waals surface area contributed by atoms with Crippen molar-refractivity contribution in [2.24, 2.45) is 0 Å². The molecule has 0 fully saturated rings. The zero-order valence-electron chi connectivity index (χ0n) is 11.0. The van der Waals surface area contributed by atoms with Crippen molar-refractivity contribution in [3.63, 3.8) is 0 Å². The average molecular weight is 269 g/mol. The fraction of sp³-hybridized carbons (Fsp3) is 0.385. The summed E-state index contributed by atoms with van der Waals surface area (Å²) >= 11 is 0. The van der Waals surface area contributed by atoms with Crippen LogP contribution >= 0.6 is 0 Å². The van der Waals surface area contributed by atoms with Crippen LogP contribution in [0.2, 0.25) is 0 Å². The van der Waals surface area contributed by atoms with Crippen molar-refractivity contribution in [2.75, 3.05) is 20.2 Å². The summed E-state index contributed by atoms with van der Waals surface area (Å²) in [6.07, 6.45) is 1.61. The van der Waals surface area contributed by atoms with Crippen molar-refractivity contribution in [1.29, 1.82) is 0 Å². The van der Waals surface area contributed by atoms with Gasteiger partial charge in [-0.1, -0.05) is 0 Å². The fourth-order valence-corrected chi connectivity index (χ4v) is 2.45. The minimum atomic E-state index is -3.38. The third-order valence-corrected chi connectivity index (χ3v) is 4.06. The lowest BCUT2D eigenvalue weighted by atomic mass is 10.3. The second kappa shape index (κ2) is 6.44. The Morgan fingerprint density at radius 1 is 1.17 bits per heavy atom. The van der Waals surface area contributed by atoms with Crippen LogP contribution < -0.4 is 4.74 Å². The molecule has 1 aromatic rings. The van der Waals surface area contributed by atoms with Crippen LogP contribution in [0.3, 0.4) is 0 Å². The summed E-state index contributed by atoms with van der Waals surface area (Å²) < 4.78 is 29.0. The number of methoxy groups -OCH3 is 1. The highest BCUT2D eigenvalue weighted by molar-refractivity contribution is 7.94. The second-order valence-corrected chi connectivity index (χ2v) is 5.56. The SMILES string of the molecule is CCN(/C=C/S(=O)(=O)c1ccc(OC)cc1)CC. The summed E-state index contributed by atoms with van der Waals surface area (Å²) in [5.41, 5.74) is 0. The molecule has 0 bridgehead atoms. The van der Waals surface area contributed by atoms with Crippen LogP contribution in [-0.4, -0.2) is 33.5 Å². The minimum absolute atomic E-state index is 0.270. The van der Waals surface area contributed by atoms with Gasteiger partial charge in [0.2, 0.25) is 9.84 Å². The molecule has 0 N–H and O–H groups in total. The lowest BCUT2D eigenvalue weighted by Crippen LogP contribution is -2.15. The Balaban J connectivity index is 2.92. The van der Waals surface area contributed by atoms with E-state index in [1.54, 1.807) is 37.6 Å². The average Bonchev–Trinajstić information content (AvgIpc) is 2.40. The number of nitrogens with zero attached hydrogens (tertiary/aromatic N) is 1. The van der Waals surface area contributed by atoms with Crippen molar-refractivity contribution in [1.82, 2.24) is 4.90 Å². The van der Waals surface area contributed by atoms with Gasteiger partial charge >= 0.3 is 0 Å². The van der Waals surface area contributed by atoms with E-state index in [2.05, 4.69) is 0 Å². The summed E-state index contributed by atoms with van der Waals surface area (Å²) in [4.78, 5) is 2.19. The van der Waals surface area contributed by atoms with Gasteiger partial charge in [0.1, 0.15) is 5.75 Å². The molecular formula is C13H19NO3S. The van der Waals surface area contributed by atoms with Gasteiger partial charge < -0.3 is 9.64 Å². The molecule has 0 aliphatic carbocycles. The maximum absolute atomic E-state index is 12.0. The highest BCUT2D eigenvalue weighted by Gasteiger charge is 2.10. The second-order valence-electron chi connectivity index (χ2n) is 3.73. The molecule has 0 unspecified atom stereocenters. The molecule has 0 saturated carbocycles. The van der Waals surface area contributed by atoms with Gasteiger partial charge in [0, 0.05) is 19.3 Å². The zero-order valence-corrected chi connectivity index (χ0v) is 11.8. The Morgan fingerprint density at radius 3 is 2.17 bits per heavy atom. The van der Waals surface area contributed by atoms with Crippen molar-refractivity contribution in [3.05, 3.63) is 35.9 Å². The highest BCUT2D eigenvalue weighted by Crippen LogP contribution is 2.17. The number of hydrogen-bond acceptors (Lipinski definition) is 4. The van der Waals surface area contributed by atoms with E-state index in [-0.39, 0.29) is 4.90 Å². The molecule has 100 valence electrons. The lowest BCUT2D eigenvalue weighted by molar-refractivity contribution is 0.414. The van der Waals surface area contributed by atoms with E-state index in [9.17, 15) is 8.42 Å². The molecule has 5 heteroatoms. The van der Waals surface area contributed by atoms with Gasteiger partial charge in [0.05, 0.1) is 17.4 Å². The topological polar surface area (TPSA) is 46.6 Å². The monoisotopic (exact) mass is 269 g/mol. The standard InChI is InChI=1S/C13H19NO3S/c1-4-14(5-2)10-11-18(15,16)13-8-6-12(17-3)7-9-13/h6-11H,4-5H2,1-3H3/b11-10+. The normalized spacial score (nSPS) is 11.7. The third kappa shape index (κ3) is 3.77. The summed E-state index contributed by atoms with van der Waals surface area (Å²) in [5.74, 6) is 0.640. The first-order valence-corrected chi connectivity index (χ1v) is 7.39. The van der Waals surface area contributed by atoms with Crippen molar-refractivity contribution in [3.8, 4) is 5.75 Å². The maximum Gasteiger partial charge on any atom is 0.201 e. The predicted octanol–water partition coefficient (Wildman–Crippen LogP) is 2.28. The predicted molar refractivity (Wildman–Crippen MR) is 72.2 cm³/mol. The van der Waals surface area contributed by atoms with Gasteiger partial charge in [-0.15, -0.1) is 0 Å². The van der Waals surface area contributed by atoms with E-state index in [0.29, 0.717) is 5.75 Å². The van der Waals surface area contributed by atoms with E-state index in [0.717, 1.165) is 13.1 Å². The lowest BCUT2D eigenvalue weighted by Gasteiger charge is -2.14. The zero-order chi connectivity index (χ0) is 13.6. The third-order valence-electron chi connectivity index (χ3n) is 2.65. The van der Waals surface area contributed by atoms with Crippen molar-refractivity contribution < 1.29 is 13.2 Å². The fourth-order valence-electron chi connectivity index (χ4n) is 1.44. The van der Waals surface area contributed by atoms with Crippen molar-refractivity contribution in [2.45, 2.75) is 18.7 Å². The van der Waals surface area contributed by atoms with E-state index in [4.69, 9.17) is 4.74 Å². The summed E-state index contributed by atoms with van der Waals surface area (Å²) in [5, 5.41) is 1.24. The summed E-state index contributed by atoms with van der Waals surface area (Å²) in [7, 11) is -1.83. The van der Waals surface area contributed by atoms with Gasteiger partial charge in [-0.2, -0.15) is 0 Å². The molecule has 1 rings (SSSR count). The van der Waals surface area contributed by atoms with Crippen LogP contribution in [0.15, 0.2) is 40.8 Å². The highest BCUT2D eigenvalue weighted by atomic mass is 32.2. The molecule has 4 nitrogen and oxygen atoms in total. The number of ether oxygens (including phenoxy) is 1. The maximum atomic E-state index is 12.0. The molecule has 0 aliphatic rings. The van der Waals surface area contributed by atoms with Gasteiger partial charge in [-0.3, -0.25) is 0 Å². The molecule has 0 saturated heterocycles. The summed E-state index contributed by atoms with van der Waals surface area (Å²) in [6.45, 7) is 5.53. The van der Waals surface area contributed by atoms with E-state index >= 15 is 0 Å². The first-order chi connectivity index (χ1) is 8.53. The molecule has 0 aromatic heterocycles. The molecule has 1 aromatic carbocycles. The largest absolute Gasteiger partial charge is 0.497 e. The molecular weight excluding hydrogens is 250 g/mol. The number of benzene rings is 1. The van der Waals surface area contributed by atoms with Crippen molar-refractivity contribution >= 4 is 9.84 Å².